The fourth-order valence-electron chi connectivity index (χ4n) is 3.08. The van der Waals surface area contributed by atoms with E-state index in [0.29, 0.717) is 16.7 Å². The van der Waals surface area contributed by atoms with Gasteiger partial charge in [0.25, 0.3) is 20.0 Å². The fourth-order valence-corrected chi connectivity index (χ4v) is 5.38. The average molecular weight is 470 g/mol. The Morgan fingerprint density at radius 1 is 0.719 bits per heavy atom. The van der Waals surface area contributed by atoms with Gasteiger partial charge in [0.1, 0.15) is 10.6 Å². The summed E-state index contributed by atoms with van der Waals surface area (Å²) in [6, 6.07) is 20.3. The molecule has 0 fully saturated rings. The van der Waals surface area contributed by atoms with Gasteiger partial charge in [0.05, 0.1) is 17.5 Å². The number of anilines is 2. The lowest BCUT2D eigenvalue weighted by Gasteiger charge is -2.12. The fraction of sp³-hybridized carbons (Fsp3) is 0.0455. The normalized spacial score (nSPS) is 11.8. The predicted molar refractivity (Wildman–Crippen MR) is 123 cm³/mol. The summed E-state index contributed by atoms with van der Waals surface area (Å²) in [5.74, 6) is 0.544. The second-order valence-corrected chi connectivity index (χ2v) is 10.1. The molecule has 4 rings (SSSR count). The quantitative estimate of drug-likeness (QED) is 0.425. The van der Waals surface area contributed by atoms with Crippen molar-refractivity contribution in [1.82, 2.24) is 4.98 Å². The maximum absolute atomic E-state index is 12.9. The van der Waals surface area contributed by atoms with Crippen LogP contribution in [0.4, 0.5) is 11.4 Å². The third-order valence-corrected chi connectivity index (χ3v) is 7.45. The molecule has 0 spiro atoms. The molecule has 4 aromatic rings. The number of fused-ring (bicyclic) bond motifs is 1. The van der Waals surface area contributed by atoms with E-state index in [9.17, 15) is 16.8 Å². The van der Waals surface area contributed by atoms with Crippen LogP contribution in [0.3, 0.4) is 0 Å². The standard InChI is InChI=1S/C22H19N3O5S2/c1-30-19-11-13-20(14-12-19)31(26,27)24-17-7-9-18(10-8-17)25-32(28,29)21-6-2-4-16-5-3-15-23-22(16)21/h2-15,24-25H,1H3. The zero-order valence-electron chi connectivity index (χ0n) is 16.9. The molecule has 0 aliphatic heterocycles. The lowest BCUT2D eigenvalue weighted by atomic mass is 10.2. The van der Waals surface area contributed by atoms with Gasteiger partial charge in [0.15, 0.2) is 0 Å². The van der Waals surface area contributed by atoms with Crippen LogP contribution >= 0.6 is 0 Å². The van der Waals surface area contributed by atoms with Crippen molar-refractivity contribution in [2.24, 2.45) is 0 Å². The number of para-hydroxylation sites is 1. The minimum atomic E-state index is -3.90. The van der Waals surface area contributed by atoms with E-state index >= 15 is 0 Å². The lowest BCUT2D eigenvalue weighted by molar-refractivity contribution is 0.414. The molecule has 0 aliphatic rings. The molecule has 164 valence electrons. The number of benzene rings is 3. The summed E-state index contributed by atoms with van der Waals surface area (Å²) >= 11 is 0. The number of pyridine rings is 1. The van der Waals surface area contributed by atoms with Crippen molar-refractivity contribution in [2.75, 3.05) is 16.6 Å². The Morgan fingerprint density at radius 2 is 1.31 bits per heavy atom. The molecule has 0 radical (unpaired) electrons. The van der Waals surface area contributed by atoms with Gasteiger partial charge in [-0.15, -0.1) is 0 Å². The Labute approximate surface area is 186 Å². The zero-order valence-corrected chi connectivity index (χ0v) is 18.5. The number of methoxy groups -OCH3 is 1. The van der Waals surface area contributed by atoms with Crippen LogP contribution in [0.15, 0.2) is 94.9 Å². The number of sulfonamides is 2. The van der Waals surface area contributed by atoms with Crippen molar-refractivity contribution in [2.45, 2.75) is 9.79 Å². The summed E-state index contributed by atoms with van der Waals surface area (Å²) < 4.78 is 60.9. The van der Waals surface area contributed by atoms with Crippen molar-refractivity contribution in [3.8, 4) is 5.75 Å². The molecule has 0 bridgehead atoms. The van der Waals surface area contributed by atoms with E-state index in [4.69, 9.17) is 4.74 Å². The monoisotopic (exact) mass is 469 g/mol. The highest BCUT2D eigenvalue weighted by Gasteiger charge is 2.19. The van der Waals surface area contributed by atoms with Crippen LogP contribution in [-0.2, 0) is 20.0 Å². The number of nitrogens with one attached hydrogen (secondary N) is 2. The first-order chi connectivity index (χ1) is 15.3. The highest BCUT2D eigenvalue weighted by Crippen LogP contribution is 2.25. The predicted octanol–water partition coefficient (Wildman–Crippen LogP) is 3.85. The second kappa shape index (κ2) is 8.48. The topological polar surface area (TPSA) is 114 Å². The van der Waals surface area contributed by atoms with Gasteiger partial charge in [-0.1, -0.05) is 18.2 Å². The third-order valence-electron chi connectivity index (χ3n) is 4.64. The summed E-state index contributed by atoms with van der Waals surface area (Å²) in [4.78, 5) is 4.31. The van der Waals surface area contributed by atoms with Crippen LogP contribution in [0.25, 0.3) is 10.9 Å². The van der Waals surface area contributed by atoms with E-state index in [1.807, 2.05) is 0 Å². The van der Waals surface area contributed by atoms with Gasteiger partial charge in [-0.25, -0.2) is 16.8 Å². The third kappa shape index (κ3) is 4.51. The first-order valence-electron chi connectivity index (χ1n) is 9.42. The molecular weight excluding hydrogens is 450 g/mol. The smallest absolute Gasteiger partial charge is 0.264 e. The maximum atomic E-state index is 12.9. The van der Waals surface area contributed by atoms with Crippen LogP contribution < -0.4 is 14.2 Å². The van der Waals surface area contributed by atoms with E-state index in [1.54, 1.807) is 36.4 Å². The Bertz CT molecular complexity index is 1460. The molecule has 1 heterocycles. The maximum Gasteiger partial charge on any atom is 0.264 e. The number of aromatic nitrogens is 1. The van der Waals surface area contributed by atoms with Crippen LogP contribution in [-0.4, -0.2) is 28.9 Å². The molecule has 0 aliphatic carbocycles. The van der Waals surface area contributed by atoms with E-state index in [-0.39, 0.29) is 21.2 Å². The van der Waals surface area contributed by atoms with E-state index < -0.39 is 20.0 Å². The molecule has 0 saturated heterocycles. The van der Waals surface area contributed by atoms with Gasteiger partial charge < -0.3 is 4.74 Å². The molecule has 0 amide bonds. The molecule has 0 atom stereocenters. The highest BCUT2D eigenvalue weighted by atomic mass is 32.2. The SMILES string of the molecule is COc1ccc(S(=O)(=O)Nc2ccc(NS(=O)(=O)c3cccc4cccnc34)cc2)cc1. The largest absolute Gasteiger partial charge is 0.497 e. The summed E-state index contributed by atoms with van der Waals surface area (Å²) in [7, 11) is -6.21. The van der Waals surface area contributed by atoms with Gasteiger partial charge in [-0.2, -0.15) is 0 Å². The zero-order chi connectivity index (χ0) is 22.8. The number of nitrogens with zero attached hydrogens (tertiary/aromatic N) is 1. The minimum Gasteiger partial charge on any atom is -0.497 e. The van der Waals surface area contributed by atoms with Crippen molar-refractivity contribution in [3.63, 3.8) is 0 Å². The summed E-state index contributed by atoms with van der Waals surface area (Å²) in [6.45, 7) is 0. The van der Waals surface area contributed by atoms with Gasteiger partial charge in [0.2, 0.25) is 0 Å². The van der Waals surface area contributed by atoms with E-state index in [1.165, 1.54) is 55.8 Å². The lowest BCUT2D eigenvalue weighted by Crippen LogP contribution is -2.14. The van der Waals surface area contributed by atoms with Gasteiger partial charge >= 0.3 is 0 Å². The summed E-state index contributed by atoms with van der Waals surface area (Å²) in [5.41, 5.74) is 0.937. The minimum absolute atomic E-state index is 0.0554. The molecule has 0 unspecified atom stereocenters. The van der Waals surface area contributed by atoms with Gasteiger partial charge in [-0.3, -0.25) is 14.4 Å². The van der Waals surface area contributed by atoms with Gasteiger partial charge in [-0.05, 0) is 60.7 Å². The van der Waals surface area contributed by atoms with E-state index in [0.717, 1.165) is 0 Å². The van der Waals surface area contributed by atoms with Crippen LogP contribution in [0.5, 0.6) is 5.75 Å². The molecule has 0 saturated carbocycles. The average Bonchev–Trinajstić information content (AvgIpc) is 2.79. The number of ether oxygens (including phenoxy) is 1. The van der Waals surface area contributed by atoms with Crippen molar-refractivity contribution >= 4 is 42.3 Å². The van der Waals surface area contributed by atoms with Crippen LogP contribution in [0.1, 0.15) is 0 Å². The molecular formula is C22H19N3O5S2. The van der Waals surface area contributed by atoms with Crippen molar-refractivity contribution in [1.29, 1.82) is 0 Å². The van der Waals surface area contributed by atoms with Crippen molar-refractivity contribution in [3.05, 3.63) is 85.1 Å². The number of hydrogen-bond donors (Lipinski definition) is 2. The molecule has 2 N–H and O–H groups in total. The highest BCUT2D eigenvalue weighted by molar-refractivity contribution is 7.93. The number of rotatable bonds is 7. The Balaban J connectivity index is 1.53. The summed E-state index contributed by atoms with van der Waals surface area (Å²) in [6.07, 6.45) is 1.53. The molecule has 32 heavy (non-hydrogen) atoms. The van der Waals surface area contributed by atoms with E-state index in [2.05, 4.69) is 14.4 Å². The van der Waals surface area contributed by atoms with Crippen LogP contribution in [0.2, 0.25) is 0 Å². The Hall–Kier alpha value is -3.63. The molecule has 8 nitrogen and oxygen atoms in total. The van der Waals surface area contributed by atoms with Crippen LogP contribution in [0, 0.1) is 0 Å². The Morgan fingerprint density at radius 3 is 1.94 bits per heavy atom. The molecule has 3 aromatic carbocycles. The van der Waals surface area contributed by atoms with Gasteiger partial charge in [0, 0.05) is 23.0 Å². The first kappa shape index (κ1) is 21.6. The first-order valence-corrected chi connectivity index (χ1v) is 12.4. The number of hydrogen-bond acceptors (Lipinski definition) is 6. The summed E-state index contributed by atoms with van der Waals surface area (Å²) in [5, 5.41) is 0.707. The molecule has 10 heteroatoms. The van der Waals surface area contributed by atoms with Crippen molar-refractivity contribution < 1.29 is 21.6 Å². The second-order valence-electron chi connectivity index (χ2n) is 6.80. The molecule has 1 aromatic heterocycles. The Kier molecular flexibility index (Phi) is 5.72.